The van der Waals surface area contributed by atoms with Crippen molar-refractivity contribution in [1.29, 1.82) is 0 Å². The van der Waals surface area contributed by atoms with E-state index in [1.54, 1.807) is 12.4 Å². The average Bonchev–Trinajstić information content (AvgIpc) is 2.59. The third kappa shape index (κ3) is 2.07. The summed E-state index contributed by atoms with van der Waals surface area (Å²) in [4.78, 5) is 4.03. The Balaban J connectivity index is 0.000000461. The fourth-order valence-corrected chi connectivity index (χ4v) is 1.07. The first-order chi connectivity index (χ1) is 6.79. The molecule has 0 N–H and O–H groups in total. The van der Waals surface area contributed by atoms with Gasteiger partial charge in [-0.25, -0.2) is 9.50 Å². The van der Waals surface area contributed by atoms with E-state index in [-0.39, 0.29) is 0 Å². The number of aromatic nitrogens is 3. The SMILES string of the molecule is CC.CCc1cnc2cc(F)nn2c1. The van der Waals surface area contributed by atoms with E-state index >= 15 is 0 Å². The third-order valence-electron chi connectivity index (χ3n) is 1.75. The summed E-state index contributed by atoms with van der Waals surface area (Å²) in [5.41, 5.74) is 1.59. The van der Waals surface area contributed by atoms with Gasteiger partial charge in [-0.15, -0.1) is 5.10 Å². The van der Waals surface area contributed by atoms with Crippen LogP contribution in [0.15, 0.2) is 18.5 Å². The van der Waals surface area contributed by atoms with Crippen LogP contribution in [0.3, 0.4) is 0 Å². The van der Waals surface area contributed by atoms with Crippen LogP contribution < -0.4 is 0 Å². The maximum Gasteiger partial charge on any atom is 0.235 e. The topological polar surface area (TPSA) is 30.2 Å². The Bertz CT molecular complexity index is 409. The molecule has 3 nitrogen and oxygen atoms in total. The zero-order valence-corrected chi connectivity index (χ0v) is 8.66. The number of rotatable bonds is 1. The lowest BCUT2D eigenvalue weighted by atomic mass is 10.3. The summed E-state index contributed by atoms with van der Waals surface area (Å²) in [5.74, 6) is -0.490. The zero-order chi connectivity index (χ0) is 10.6. The lowest BCUT2D eigenvalue weighted by molar-refractivity contribution is 0.570. The molecule has 0 bridgehead atoms. The Hall–Kier alpha value is -1.45. The van der Waals surface area contributed by atoms with Crippen LogP contribution >= 0.6 is 0 Å². The van der Waals surface area contributed by atoms with Crippen molar-refractivity contribution in [2.75, 3.05) is 0 Å². The van der Waals surface area contributed by atoms with Crippen LogP contribution in [-0.2, 0) is 6.42 Å². The van der Waals surface area contributed by atoms with Crippen molar-refractivity contribution in [3.8, 4) is 0 Å². The van der Waals surface area contributed by atoms with Crippen LogP contribution in [0, 0.1) is 5.95 Å². The molecule has 2 heterocycles. The van der Waals surface area contributed by atoms with E-state index in [2.05, 4.69) is 10.1 Å². The molecule has 0 aliphatic carbocycles. The Morgan fingerprint density at radius 1 is 1.43 bits per heavy atom. The second-order valence-corrected chi connectivity index (χ2v) is 2.59. The Morgan fingerprint density at radius 2 is 2.14 bits per heavy atom. The molecule has 0 atom stereocenters. The van der Waals surface area contributed by atoms with Gasteiger partial charge in [0.1, 0.15) is 0 Å². The van der Waals surface area contributed by atoms with E-state index in [9.17, 15) is 4.39 Å². The molecule has 2 rings (SSSR count). The molecule has 0 aliphatic heterocycles. The van der Waals surface area contributed by atoms with Crippen LogP contribution in [0.25, 0.3) is 5.65 Å². The van der Waals surface area contributed by atoms with E-state index in [1.165, 1.54) is 10.6 Å². The average molecular weight is 195 g/mol. The predicted molar refractivity (Wildman–Crippen MR) is 53.7 cm³/mol. The van der Waals surface area contributed by atoms with Gasteiger partial charge in [0.25, 0.3) is 0 Å². The van der Waals surface area contributed by atoms with Gasteiger partial charge in [-0.2, -0.15) is 4.39 Å². The second kappa shape index (κ2) is 4.69. The monoisotopic (exact) mass is 195 g/mol. The minimum Gasteiger partial charge on any atom is -0.237 e. The molecule has 0 fully saturated rings. The second-order valence-electron chi connectivity index (χ2n) is 2.59. The maximum absolute atomic E-state index is 12.6. The van der Waals surface area contributed by atoms with Crippen molar-refractivity contribution in [1.82, 2.24) is 14.6 Å². The Morgan fingerprint density at radius 3 is 2.79 bits per heavy atom. The summed E-state index contributed by atoms with van der Waals surface area (Å²) in [6, 6.07) is 1.30. The van der Waals surface area contributed by atoms with Gasteiger partial charge in [0.15, 0.2) is 5.65 Å². The maximum atomic E-state index is 12.6. The summed E-state index contributed by atoms with van der Waals surface area (Å²) in [7, 11) is 0. The normalized spacial score (nSPS) is 9.71. The fourth-order valence-electron chi connectivity index (χ4n) is 1.07. The Kier molecular flexibility index (Phi) is 3.56. The largest absolute Gasteiger partial charge is 0.237 e. The first-order valence-corrected chi connectivity index (χ1v) is 4.79. The summed E-state index contributed by atoms with van der Waals surface area (Å²) in [5, 5.41) is 3.61. The van der Waals surface area contributed by atoms with Gasteiger partial charge >= 0.3 is 0 Å². The molecule has 0 amide bonds. The molecule has 4 heteroatoms. The summed E-state index contributed by atoms with van der Waals surface area (Å²) in [6.07, 6.45) is 4.40. The van der Waals surface area contributed by atoms with E-state index in [0.29, 0.717) is 5.65 Å². The highest BCUT2D eigenvalue weighted by molar-refractivity contribution is 5.36. The van der Waals surface area contributed by atoms with Gasteiger partial charge in [-0.3, -0.25) is 0 Å². The molecule has 0 spiro atoms. The smallest absolute Gasteiger partial charge is 0.235 e. The van der Waals surface area contributed by atoms with Crippen molar-refractivity contribution in [3.05, 3.63) is 30.0 Å². The van der Waals surface area contributed by atoms with Gasteiger partial charge in [-0.05, 0) is 12.0 Å². The molecule has 14 heavy (non-hydrogen) atoms. The number of hydrogen-bond acceptors (Lipinski definition) is 2. The molecule has 0 saturated heterocycles. The highest BCUT2D eigenvalue weighted by Gasteiger charge is 2.00. The van der Waals surface area contributed by atoms with Crippen molar-refractivity contribution in [2.45, 2.75) is 27.2 Å². The van der Waals surface area contributed by atoms with Gasteiger partial charge in [0, 0.05) is 18.5 Å². The molecule has 0 saturated carbocycles. The van der Waals surface area contributed by atoms with Crippen molar-refractivity contribution in [2.24, 2.45) is 0 Å². The summed E-state index contributed by atoms with van der Waals surface area (Å²) in [6.45, 7) is 6.02. The van der Waals surface area contributed by atoms with Crippen LogP contribution in [0.4, 0.5) is 4.39 Å². The van der Waals surface area contributed by atoms with E-state index in [1.807, 2.05) is 20.8 Å². The molecule has 0 unspecified atom stereocenters. The van der Waals surface area contributed by atoms with Gasteiger partial charge in [-0.1, -0.05) is 20.8 Å². The first-order valence-electron chi connectivity index (χ1n) is 4.79. The molecule has 0 radical (unpaired) electrons. The van der Waals surface area contributed by atoms with Crippen molar-refractivity contribution < 1.29 is 4.39 Å². The standard InChI is InChI=1S/C8H8FN3.C2H6/c1-2-6-4-10-8-3-7(9)11-12(8)5-6;1-2/h3-5H,2H2,1H3;1-2H3. The number of aryl methyl sites for hydroxylation is 1. The lowest BCUT2D eigenvalue weighted by Gasteiger charge is -1.95. The van der Waals surface area contributed by atoms with Crippen molar-refractivity contribution in [3.63, 3.8) is 0 Å². The lowest BCUT2D eigenvalue weighted by Crippen LogP contribution is -1.92. The Labute approximate surface area is 82.6 Å². The molecule has 2 aromatic rings. The first kappa shape index (κ1) is 10.6. The van der Waals surface area contributed by atoms with E-state index in [0.717, 1.165) is 12.0 Å². The highest BCUT2D eigenvalue weighted by Crippen LogP contribution is 2.04. The summed E-state index contributed by atoms with van der Waals surface area (Å²) < 4.78 is 14.0. The number of nitrogens with zero attached hydrogens (tertiary/aromatic N) is 3. The van der Waals surface area contributed by atoms with Gasteiger partial charge in [0.05, 0.1) is 0 Å². The fraction of sp³-hybridized carbons (Fsp3) is 0.400. The van der Waals surface area contributed by atoms with Crippen LogP contribution in [0.2, 0.25) is 0 Å². The van der Waals surface area contributed by atoms with Crippen LogP contribution in [0.5, 0.6) is 0 Å². The van der Waals surface area contributed by atoms with Crippen LogP contribution in [-0.4, -0.2) is 14.6 Å². The molecule has 76 valence electrons. The highest BCUT2D eigenvalue weighted by atomic mass is 19.1. The minimum absolute atomic E-state index is 0.490. The molecular weight excluding hydrogens is 181 g/mol. The third-order valence-corrected chi connectivity index (χ3v) is 1.75. The number of halogens is 1. The van der Waals surface area contributed by atoms with E-state index < -0.39 is 5.95 Å². The molecular formula is C10H14FN3. The van der Waals surface area contributed by atoms with Gasteiger partial charge < -0.3 is 0 Å². The zero-order valence-electron chi connectivity index (χ0n) is 8.66. The van der Waals surface area contributed by atoms with Crippen molar-refractivity contribution >= 4 is 5.65 Å². The number of hydrogen-bond donors (Lipinski definition) is 0. The predicted octanol–water partition coefficient (Wildman–Crippen LogP) is 2.46. The van der Waals surface area contributed by atoms with Crippen LogP contribution in [0.1, 0.15) is 26.3 Å². The molecule has 0 aliphatic rings. The van der Waals surface area contributed by atoms with Gasteiger partial charge in [0.2, 0.25) is 5.95 Å². The summed E-state index contributed by atoms with van der Waals surface area (Å²) >= 11 is 0. The number of fused-ring (bicyclic) bond motifs is 1. The van der Waals surface area contributed by atoms with E-state index in [4.69, 9.17) is 0 Å². The quantitative estimate of drug-likeness (QED) is 0.699. The molecule has 2 aromatic heterocycles. The minimum atomic E-state index is -0.490. The molecule has 0 aromatic carbocycles.